The summed E-state index contributed by atoms with van der Waals surface area (Å²) in [4.78, 5) is 24.7. The van der Waals surface area contributed by atoms with Gasteiger partial charge >= 0.3 is 5.97 Å². The molecule has 0 aromatic carbocycles. The lowest BCUT2D eigenvalue weighted by molar-refractivity contribution is -0.385. The Kier molecular flexibility index (Phi) is 5.19. The molecule has 0 aliphatic rings. The minimum absolute atomic E-state index is 0.112. The number of carbonyl (C=O) groups is 1. The molecule has 0 spiro atoms. The number of nitro groups is 1. The SMILES string of the molecule is COCC(C)CNc1ncc([N+](=O)[O-])cc1C(=O)O. The first-order valence-corrected chi connectivity index (χ1v) is 5.56. The zero-order valence-electron chi connectivity index (χ0n) is 10.6. The Morgan fingerprint density at radius 1 is 1.68 bits per heavy atom. The number of hydrogen-bond donors (Lipinski definition) is 2. The summed E-state index contributed by atoms with van der Waals surface area (Å²) in [6.07, 6.45) is 1.02. The number of carboxylic acids is 1. The Morgan fingerprint density at radius 2 is 2.37 bits per heavy atom. The highest BCUT2D eigenvalue weighted by Gasteiger charge is 2.17. The fraction of sp³-hybridized carbons (Fsp3) is 0.455. The van der Waals surface area contributed by atoms with E-state index in [4.69, 9.17) is 9.84 Å². The third kappa shape index (κ3) is 4.18. The van der Waals surface area contributed by atoms with Crippen molar-refractivity contribution < 1.29 is 19.6 Å². The first-order valence-electron chi connectivity index (χ1n) is 5.56. The standard InChI is InChI=1S/C11H15N3O5/c1-7(6-19-2)4-12-10-9(11(15)16)3-8(5-13-10)14(17)18/h3,5,7H,4,6H2,1-2H3,(H,12,13)(H,15,16). The lowest BCUT2D eigenvalue weighted by Gasteiger charge is -2.13. The largest absolute Gasteiger partial charge is 0.478 e. The summed E-state index contributed by atoms with van der Waals surface area (Å²) in [5.74, 6) is -0.997. The van der Waals surface area contributed by atoms with Gasteiger partial charge in [0.05, 0.1) is 11.5 Å². The molecule has 1 rings (SSSR count). The van der Waals surface area contributed by atoms with E-state index in [1.54, 1.807) is 7.11 Å². The summed E-state index contributed by atoms with van der Waals surface area (Å²) < 4.78 is 4.95. The maximum atomic E-state index is 11.0. The van der Waals surface area contributed by atoms with Crippen LogP contribution in [-0.4, -0.2) is 41.2 Å². The smallest absolute Gasteiger partial charge is 0.339 e. The van der Waals surface area contributed by atoms with Gasteiger partial charge in [-0.05, 0) is 5.92 Å². The highest BCUT2D eigenvalue weighted by Crippen LogP contribution is 2.19. The van der Waals surface area contributed by atoms with Crippen LogP contribution in [0.2, 0.25) is 0 Å². The minimum Gasteiger partial charge on any atom is -0.478 e. The molecule has 0 fully saturated rings. The molecular formula is C11H15N3O5. The number of pyridine rings is 1. The van der Waals surface area contributed by atoms with Gasteiger partial charge in [0, 0.05) is 19.7 Å². The Morgan fingerprint density at radius 3 is 2.89 bits per heavy atom. The number of nitrogens with one attached hydrogen (secondary N) is 1. The van der Waals surface area contributed by atoms with E-state index >= 15 is 0 Å². The third-order valence-electron chi connectivity index (χ3n) is 2.38. The molecule has 1 aromatic heterocycles. The first kappa shape index (κ1) is 14.8. The predicted octanol–water partition coefficient (Wildman–Crippen LogP) is 1.38. The fourth-order valence-corrected chi connectivity index (χ4v) is 1.47. The number of rotatable bonds is 7. The van der Waals surface area contributed by atoms with Crippen LogP contribution in [0.3, 0.4) is 0 Å². The number of ether oxygens (including phenoxy) is 1. The van der Waals surface area contributed by atoms with Crippen molar-refractivity contribution in [2.45, 2.75) is 6.92 Å². The maximum absolute atomic E-state index is 11.0. The van der Waals surface area contributed by atoms with Gasteiger partial charge in [0.25, 0.3) is 5.69 Å². The topological polar surface area (TPSA) is 115 Å². The van der Waals surface area contributed by atoms with Crippen LogP contribution in [0.4, 0.5) is 11.5 Å². The summed E-state index contributed by atoms with van der Waals surface area (Å²) in [5, 5.41) is 22.4. The van der Waals surface area contributed by atoms with Gasteiger partial charge in [0.1, 0.15) is 17.6 Å². The van der Waals surface area contributed by atoms with Crippen molar-refractivity contribution in [3.05, 3.63) is 27.9 Å². The number of methoxy groups -OCH3 is 1. The molecule has 8 nitrogen and oxygen atoms in total. The Hall–Kier alpha value is -2.22. The van der Waals surface area contributed by atoms with Gasteiger partial charge in [0.15, 0.2) is 0 Å². The van der Waals surface area contributed by atoms with Crippen LogP contribution < -0.4 is 5.32 Å². The van der Waals surface area contributed by atoms with Crippen LogP contribution in [0.25, 0.3) is 0 Å². The Labute approximate surface area is 109 Å². The zero-order valence-corrected chi connectivity index (χ0v) is 10.6. The molecule has 1 atom stereocenters. The minimum atomic E-state index is -1.27. The van der Waals surface area contributed by atoms with Gasteiger partial charge in [0.2, 0.25) is 0 Å². The number of nitrogens with zero attached hydrogens (tertiary/aromatic N) is 2. The fourth-order valence-electron chi connectivity index (χ4n) is 1.47. The summed E-state index contributed by atoms with van der Waals surface area (Å²) in [6.45, 7) is 2.89. The van der Waals surface area contributed by atoms with Crippen LogP contribution in [0.5, 0.6) is 0 Å². The van der Waals surface area contributed by atoms with E-state index in [-0.39, 0.29) is 23.0 Å². The van der Waals surface area contributed by atoms with E-state index in [1.807, 2.05) is 6.92 Å². The molecular weight excluding hydrogens is 254 g/mol. The lowest BCUT2D eigenvalue weighted by Crippen LogP contribution is -2.18. The number of aromatic carboxylic acids is 1. The van der Waals surface area contributed by atoms with Gasteiger partial charge in [-0.15, -0.1) is 0 Å². The van der Waals surface area contributed by atoms with Crippen molar-refractivity contribution in [2.75, 3.05) is 25.6 Å². The highest BCUT2D eigenvalue weighted by atomic mass is 16.6. The van der Waals surface area contributed by atoms with Crippen LogP contribution in [0, 0.1) is 16.0 Å². The molecule has 1 heterocycles. The average molecular weight is 269 g/mol. The molecule has 0 aliphatic carbocycles. The summed E-state index contributed by atoms with van der Waals surface area (Å²) in [7, 11) is 1.57. The molecule has 0 bridgehead atoms. The predicted molar refractivity (Wildman–Crippen MR) is 67.4 cm³/mol. The summed E-state index contributed by atoms with van der Waals surface area (Å²) in [6, 6.07) is 0.985. The van der Waals surface area contributed by atoms with Crippen molar-refractivity contribution in [1.29, 1.82) is 0 Å². The summed E-state index contributed by atoms with van der Waals surface area (Å²) in [5.41, 5.74) is -0.577. The van der Waals surface area contributed by atoms with Gasteiger partial charge < -0.3 is 15.2 Å². The molecule has 19 heavy (non-hydrogen) atoms. The van der Waals surface area contributed by atoms with E-state index in [2.05, 4.69) is 10.3 Å². The molecule has 0 aliphatic heterocycles. The van der Waals surface area contributed by atoms with Crippen molar-refractivity contribution in [1.82, 2.24) is 4.98 Å². The van der Waals surface area contributed by atoms with Crippen molar-refractivity contribution in [2.24, 2.45) is 5.92 Å². The quantitative estimate of drug-likeness (QED) is 0.567. The summed E-state index contributed by atoms with van der Waals surface area (Å²) >= 11 is 0. The van der Waals surface area contributed by atoms with E-state index in [0.29, 0.717) is 13.2 Å². The van der Waals surface area contributed by atoms with Gasteiger partial charge in [-0.2, -0.15) is 0 Å². The second-order valence-electron chi connectivity index (χ2n) is 4.09. The number of anilines is 1. The van der Waals surface area contributed by atoms with Crippen molar-refractivity contribution in [3.8, 4) is 0 Å². The number of hydrogen-bond acceptors (Lipinski definition) is 6. The lowest BCUT2D eigenvalue weighted by atomic mass is 10.2. The molecule has 8 heteroatoms. The van der Waals surface area contributed by atoms with E-state index in [9.17, 15) is 14.9 Å². The van der Waals surface area contributed by atoms with E-state index < -0.39 is 10.9 Å². The highest BCUT2D eigenvalue weighted by molar-refractivity contribution is 5.93. The van der Waals surface area contributed by atoms with Crippen molar-refractivity contribution in [3.63, 3.8) is 0 Å². The molecule has 0 saturated carbocycles. The molecule has 1 unspecified atom stereocenters. The second-order valence-corrected chi connectivity index (χ2v) is 4.09. The van der Waals surface area contributed by atoms with Gasteiger partial charge in [-0.3, -0.25) is 10.1 Å². The number of aromatic nitrogens is 1. The monoisotopic (exact) mass is 269 g/mol. The van der Waals surface area contributed by atoms with Crippen molar-refractivity contribution >= 4 is 17.5 Å². The van der Waals surface area contributed by atoms with Gasteiger partial charge in [-0.1, -0.05) is 6.92 Å². The van der Waals surface area contributed by atoms with Crippen LogP contribution in [0.1, 0.15) is 17.3 Å². The molecule has 1 aromatic rings. The third-order valence-corrected chi connectivity index (χ3v) is 2.38. The zero-order chi connectivity index (χ0) is 14.4. The second kappa shape index (κ2) is 6.64. The average Bonchev–Trinajstić information content (AvgIpc) is 2.36. The molecule has 2 N–H and O–H groups in total. The van der Waals surface area contributed by atoms with Crippen LogP contribution in [0.15, 0.2) is 12.3 Å². The van der Waals surface area contributed by atoms with E-state index in [0.717, 1.165) is 12.3 Å². The molecule has 0 radical (unpaired) electrons. The van der Waals surface area contributed by atoms with Crippen LogP contribution in [-0.2, 0) is 4.74 Å². The van der Waals surface area contributed by atoms with Crippen LogP contribution >= 0.6 is 0 Å². The number of carboxylic acid groups (broad SMARTS) is 1. The Balaban J connectivity index is 2.88. The molecule has 0 saturated heterocycles. The van der Waals surface area contributed by atoms with Gasteiger partial charge in [-0.25, -0.2) is 9.78 Å². The molecule has 104 valence electrons. The van der Waals surface area contributed by atoms with E-state index in [1.165, 1.54) is 0 Å². The maximum Gasteiger partial charge on any atom is 0.339 e. The molecule has 0 amide bonds. The first-order chi connectivity index (χ1) is 8.95. The normalized spacial score (nSPS) is 11.9. The Bertz CT molecular complexity index is 477.